The summed E-state index contributed by atoms with van der Waals surface area (Å²) in [4.78, 5) is 27.3. The molecule has 1 atom stereocenters. The fourth-order valence-corrected chi connectivity index (χ4v) is 2.21. The standard InChI is InChI=1S/C18H17F4N3O3/c1-10(12-3-5-14(6-4-12)28-18(21,22)17(19)20)24-16(27)13-7-8-23-15(9-13)25-11(2)26/h3-10,17H,1-2H3,(H,24,27)(H,23,25,26). The van der Waals surface area contributed by atoms with Crippen molar-refractivity contribution in [1.29, 1.82) is 0 Å². The number of ether oxygens (including phenoxy) is 1. The van der Waals surface area contributed by atoms with E-state index in [-0.39, 0.29) is 17.3 Å². The number of hydrogen-bond donors (Lipinski definition) is 2. The Hall–Kier alpha value is -3.17. The van der Waals surface area contributed by atoms with Crippen LogP contribution >= 0.6 is 0 Å². The molecule has 0 radical (unpaired) electrons. The van der Waals surface area contributed by atoms with Gasteiger partial charge in [-0.3, -0.25) is 9.59 Å². The van der Waals surface area contributed by atoms with Gasteiger partial charge < -0.3 is 15.4 Å². The second-order valence-corrected chi connectivity index (χ2v) is 5.84. The van der Waals surface area contributed by atoms with Gasteiger partial charge >= 0.3 is 12.5 Å². The van der Waals surface area contributed by atoms with Gasteiger partial charge in [-0.2, -0.15) is 17.6 Å². The monoisotopic (exact) mass is 399 g/mol. The highest BCUT2D eigenvalue weighted by Gasteiger charge is 2.43. The summed E-state index contributed by atoms with van der Waals surface area (Å²) in [6.07, 6.45) is -7.18. The fraction of sp³-hybridized carbons (Fsp3) is 0.278. The lowest BCUT2D eigenvalue weighted by atomic mass is 10.1. The van der Waals surface area contributed by atoms with Crippen LogP contribution in [0.2, 0.25) is 0 Å². The molecule has 0 saturated heterocycles. The number of hydrogen-bond acceptors (Lipinski definition) is 4. The number of benzene rings is 1. The molecule has 0 aliphatic heterocycles. The first-order valence-corrected chi connectivity index (χ1v) is 8.08. The number of amides is 2. The van der Waals surface area contributed by atoms with Gasteiger partial charge in [-0.05, 0) is 36.8 Å². The van der Waals surface area contributed by atoms with E-state index in [1.807, 2.05) is 0 Å². The molecule has 1 aromatic heterocycles. The summed E-state index contributed by atoms with van der Waals surface area (Å²) in [6, 6.07) is 7.29. The van der Waals surface area contributed by atoms with Crippen molar-refractivity contribution in [3.8, 4) is 5.75 Å². The van der Waals surface area contributed by atoms with Gasteiger partial charge in [0.1, 0.15) is 11.6 Å². The van der Waals surface area contributed by atoms with E-state index in [4.69, 9.17) is 0 Å². The minimum absolute atomic E-state index is 0.217. The van der Waals surface area contributed by atoms with Crippen LogP contribution in [0.1, 0.15) is 35.8 Å². The summed E-state index contributed by atoms with van der Waals surface area (Å²) >= 11 is 0. The average molecular weight is 399 g/mol. The van der Waals surface area contributed by atoms with Crippen molar-refractivity contribution >= 4 is 17.6 Å². The van der Waals surface area contributed by atoms with Crippen LogP contribution in [0, 0.1) is 0 Å². The van der Waals surface area contributed by atoms with Crippen molar-refractivity contribution in [3.63, 3.8) is 0 Å². The lowest BCUT2D eigenvalue weighted by molar-refractivity contribution is -0.253. The van der Waals surface area contributed by atoms with Gasteiger partial charge in [0.25, 0.3) is 5.91 Å². The molecule has 2 aromatic rings. The summed E-state index contributed by atoms with van der Waals surface area (Å²) in [5.41, 5.74) is 0.791. The number of nitrogens with one attached hydrogen (secondary N) is 2. The predicted molar refractivity (Wildman–Crippen MR) is 92.4 cm³/mol. The van der Waals surface area contributed by atoms with Gasteiger partial charge in [0.2, 0.25) is 5.91 Å². The summed E-state index contributed by atoms with van der Waals surface area (Å²) in [7, 11) is 0. The third kappa shape index (κ3) is 5.66. The van der Waals surface area contributed by atoms with E-state index in [0.29, 0.717) is 5.56 Å². The molecule has 1 unspecified atom stereocenters. The Kier molecular flexibility index (Phi) is 6.55. The predicted octanol–water partition coefficient (Wildman–Crippen LogP) is 3.77. The third-order valence-electron chi connectivity index (χ3n) is 3.56. The maximum absolute atomic E-state index is 12.9. The third-order valence-corrected chi connectivity index (χ3v) is 3.56. The molecule has 2 rings (SSSR count). The Balaban J connectivity index is 2.03. The number of carbonyl (C=O) groups is 2. The van der Waals surface area contributed by atoms with Gasteiger partial charge in [-0.25, -0.2) is 4.98 Å². The summed E-state index contributed by atoms with van der Waals surface area (Å²) in [6.45, 7) is 2.96. The molecule has 6 nitrogen and oxygen atoms in total. The largest absolute Gasteiger partial charge is 0.461 e. The number of aromatic nitrogens is 1. The molecule has 0 aliphatic rings. The van der Waals surface area contributed by atoms with Crippen molar-refractivity contribution in [3.05, 3.63) is 53.7 Å². The van der Waals surface area contributed by atoms with E-state index in [9.17, 15) is 27.2 Å². The zero-order chi connectivity index (χ0) is 20.9. The first-order valence-electron chi connectivity index (χ1n) is 8.08. The summed E-state index contributed by atoms with van der Waals surface area (Å²) in [5.74, 6) is -1.000. The molecule has 0 aliphatic carbocycles. The number of anilines is 1. The second-order valence-electron chi connectivity index (χ2n) is 5.84. The number of carbonyl (C=O) groups excluding carboxylic acids is 2. The van der Waals surface area contributed by atoms with E-state index in [2.05, 4.69) is 20.4 Å². The minimum Gasteiger partial charge on any atom is -0.428 e. The zero-order valence-corrected chi connectivity index (χ0v) is 14.9. The maximum Gasteiger partial charge on any atom is 0.461 e. The van der Waals surface area contributed by atoms with Crippen LogP contribution in [0.15, 0.2) is 42.6 Å². The van der Waals surface area contributed by atoms with Crippen molar-refractivity contribution in [2.45, 2.75) is 32.4 Å². The molecule has 0 fully saturated rings. The second kappa shape index (κ2) is 8.68. The van der Waals surface area contributed by atoms with Gasteiger partial charge in [-0.15, -0.1) is 0 Å². The van der Waals surface area contributed by atoms with Gasteiger partial charge in [0.05, 0.1) is 6.04 Å². The van der Waals surface area contributed by atoms with Crippen molar-refractivity contribution in [2.75, 3.05) is 5.32 Å². The quantitative estimate of drug-likeness (QED) is 0.695. The lowest BCUT2D eigenvalue weighted by Crippen LogP contribution is -2.33. The lowest BCUT2D eigenvalue weighted by Gasteiger charge is -2.18. The van der Waals surface area contributed by atoms with E-state index < -0.39 is 30.2 Å². The Labute approximate surface area is 157 Å². The number of alkyl halides is 4. The molecule has 0 bridgehead atoms. The number of nitrogens with zero attached hydrogens (tertiary/aromatic N) is 1. The van der Waals surface area contributed by atoms with Crippen LogP contribution in [0.5, 0.6) is 5.75 Å². The van der Waals surface area contributed by atoms with Gasteiger partial charge in [0, 0.05) is 18.7 Å². The molecule has 0 spiro atoms. The molecular formula is C18H17F4N3O3. The van der Waals surface area contributed by atoms with Crippen LogP contribution in [-0.2, 0) is 4.79 Å². The van der Waals surface area contributed by atoms with Crippen molar-refractivity contribution in [1.82, 2.24) is 10.3 Å². The van der Waals surface area contributed by atoms with E-state index in [1.54, 1.807) is 6.92 Å². The normalized spacial score (nSPS) is 12.4. The van der Waals surface area contributed by atoms with Crippen LogP contribution in [0.25, 0.3) is 0 Å². The topological polar surface area (TPSA) is 80.3 Å². The molecule has 150 valence electrons. The van der Waals surface area contributed by atoms with Crippen molar-refractivity contribution in [2.24, 2.45) is 0 Å². The van der Waals surface area contributed by atoms with E-state index >= 15 is 0 Å². The average Bonchev–Trinajstić information content (AvgIpc) is 2.61. The van der Waals surface area contributed by atoms with Gasteiger partial charge in [-0.1, -0.05) is 12.1 Å². The molecule has 2 amide bonds. The Bertz CT molecular complexity index is 844. The smallest absolute Gasteiger partial charge is 0.428 e. The Morgan fingerprint density at radius 2 is 1.79 bits per heavy atom. The molecule has 28 heavy (non-hydrogen) atoms. The van der Waals surface area contributed by atoms with Crippen LogP contribution < -0.4 is 15.4 Å². The summed E-state index contributed by atoms with van der Waals surface area (Å²) < 4.78 is 54.1. The van der Waals surface area contributed by atoms with Crippen LogP contribution in [-0.4, -0.2) is 29.3 Å². The Morgan fingerprint density at radius 3 is 2.36 bits per heavy atom. The highest BCUT2D eigenvalue weighted by Crippen LogP contribution is 2.28. The molecular weight excluding hydrogens is 382 g/mol. The molecule has 1 heterocycles. The first kappa shape index (κ1) is 21.1. The molecule has 0 saturated carbocycles. The SMILES string of the molecule is CC(=O)Nc1cc(C(=O)NC(C)c2ccc(OC(F)(F)C(F)F)cc2)ccn1. The number of pyridine rings is 1. The molecule has 1 aromatic carbocycles. The van der Waals surface area contributed by atoms with E-state index in [0.717, 1.165) is 12.1 Å². The number of halogens is 4. The first-order chi connectivity index (χ1) is 13.1. The van der Waals surface area contributed by atoms with Crippen LogP contribution in [0.3, 0.4) is 0 Å². The molecule has 10 heteroatoms. The van der Waals surface area contributed by atoms with Gasteiger partial charge in [0.15, 0.2) is 0 Å². The molecule has 2 N–H and O–H groups in total. The van der Waals surface area contributed by atoms with Crippen molar-refractivity contribution < 1.29 is 31.9 Å². The van der Waals surface area contributed by atoms with E-state index in [1.165, 1.54) is 37.4 Å². The number of rotatable bonds is 7. The minimum atomic E-state index is -4.59. The summed E-state index contributed by atoms with van der Waals surface area (Å²) in [5, 5.41) is 5.15. The van der Waals surface area contributed by atoms with Crippen LogP contribution in [0.4, 0.5) is 23.4 Å². The maximum atomic E-state index is 12.9. The Morgan fingerprint density at radius 1 is 1.14 bits per heavy atom. The highest BCUT2D eigenvalue weighted by atomic mass is 19.3. The fourth-order valence-electron chi connectivity index (χ4n) is 2.21. The highest BCUT2D eigenvalue weighted by molar-refractivity contribution is 5.96. The zero-order valence-electron chi connectivity index (χ0n) is 14.9.